The summed E-state index contributed by atoms with van der Waals surface area (Å²) in [5, 5.41) is 3.18. The zero-order valence-corrected chi connectivity index (χ0v) is 12.7. The Hall–Kier alpha value is -1.08. The number of amides is 1. The molecule has 1 N–H and O–H groups in total. The van der Waals surface area contributed by atoms with Crippen LogP contribution in [0.25, 0.3) is 0 Å². The van der Waals surface area contributed by atoms with Gasteiger partial charge in [-0.25, -0.2) is 4.79 Å². The smallest absolute Gasteiger partial charge is 0.348 e. The van der Waals surface area contributed by atoms with Gasteiger partial charge in [0.1, 0.15) is 9.21 Å². The van der Waals surface area contributed by atoms with Gasteiger partial charge >= 0.3 is 5.97 Å². The minimum absolute atomic E-state index is 0.310. The highest BCUT2D eigenvalue weighted by Gasteiger charge is 2.16. The third-order valence-corrected chi connectivity index (χ3v) is 4.60. The monoisotopic (exact) mass is 335 g/mol. The molecule has 2 rings (SSSR count). The standard InChI is InChI=1S/C11H7Cl2NO3S2/c1-17-11(16)6-2-3-8(18-6)14-10(15)5-4-7(12)19-9(5)13/h2-4H,1H3,(H,14,15). The second kappa shape index (κ2) is 5.92. The number of methoxy groups -OCH3 is 1. The fourth-order valence-electron chi connectivity index (χ4n) is 1.29. The summed E-state index contributed by atoms with van der Waals surface area (Å²) in [5.74, 6) is -0.812. The van der Waals surface area contributed by atoms with E-state index in [0.717, 1.165) is 22.7 Å². The van der Waals surface area contributed by atoms with Gasteiger partial charge in [-0.2, -0.15) is 0 Å². The third-order valence-electron chi connectivity index (χ3n) is 2.13. The Morgan fingerprint density at radius 2 is 2.00 bits per heavy atom. The molecule has 0 atom stereocenters. The van der Waals surface area contributed by atoms with E-state index in [1.807, 2.05) is 0 Å². The maximum Gasteiger partial charge on any atom is 0.348 e. The van der Waals surface area contributed by atoms with Gasteiger partial charge < -0.3 is 10.1 Å². The maximum atomic E-state index is 11.9. The van der Waals surface area contributed by atoms with Crippen LogP contribution < -0.4 is 5.32 Å². The van der Waals surface area contributed by atoms with Crippen molar-refractivity contribution in [2.24, 2.45) is 0 Å². The molecule has 0 aliphatic heterocycles. The molecule has 0 fully saturated rings. The molecule has 0 bridgehead atoms. The van der Waals surface area contributed by atoms with Crippen LogP contribution in [-0.4, -0.2) is 19.0 Å². The van der Waals surface area contributed by atoms with Crippen molar-refractivity contribution in [3.05, 3.63) is 37.3 Å². The van der Waals surface area contributed by atoms with Crippen molar-refractivity contribution in [1.29, 1.82) is 0 Å². The summed E-state index contributed by atoms with van der Waals surface area (Å²) in [6, 6.07) is 4.70. The number of ether oxygens (including phenoxy) is 1. The number of hydrogen-bond donors (Lipinski definition) is 1. The minimum Gasteiger partial charge on any atom is -0.465 e. The Bertz CT molecular complexity index is 636. The van der Waals surface area contributed by atoms with Crippen molar-refractivity contribution < 1.29 is 14.3 Å². The zero-order valence-electron chi connectivity index (χ0n) is 9.53. The Labute approximate surface area is 126 Å². The summed E-state index contributed by atoms with van der Waals surface area (Å²) in [6.45, 7) is 0. The van der Waals surface area contributed by atoms with Crippen molar-refractivity contribution in [2.45, 2.75) is 0 Å². The molecule has 0 saturated carbocycles. The molecule has 19 heavy (non-hydrogen) atoms. The van der Waals surface area contributed by atoms with E-state index < -0.39 is 5.97 Å². The first kappa shape index (κ1) is 14.3. The number of nitrogens with one attached hydrogen (secondary N) is 1. The largest absolute Gasteiger partial charge is 0.465 e. The second-order valence-electron chi connectivity index (χ2n) is 3.35. The zero-order chi connectivity index (χ0) is 14.0. The molecule has 0 unspecified atom stereocenters. The first-order valence-electron chi connectivity index (χ1n) is 4.95. The maximum absolute atomic E-state index is 11.9. The van der Waals surface area contributed by atoms with Gasteiger partial charge in [-0.1, -0.05) is 23.2 Å². The Balaban J connectivity index is 2.13. The van der Waals surface area contributed by atoms with Crippen LogP contribution in [0.15, 0.2) is 18.2 Å². The molecule has 100 valence electrons. The van der Waals surface area contributed by atoms with E-state index in [0.29, 0.717) is 24.1 Å². The van der Waals surface area contributed by atoms with Crippen LogP contribution in [0.4, 0.5) is 5.00 Å². The summed E-state index contributed by atoms with van der Waals surface area (Å²) in [5.41, 5.74) is 0.310. The summed E-state index contributed by atoms with van der Waals surface area (Å²) in [6.07, 6.45) is 0. The predicted molar refractivity (Wildman–Crippen MR) is 78.0 cm³/mol. The Kier molecular flexibility index (Phi) is 4.46. The SMILES string of the molecule is COC(=O)c1ccc(NC(=O)c2cc(Cl)sc2Cl)s1. The van der Waals surface area contributed by atoms with Gasteiger partial charge in [0.05, 0.1) is 22.0 Å². The van der Waals surface area contributed by atoms with E-state index in [-0.39, 0.29) is 5.91 Å². The van der Waals surface area contributed by atoms with E-state index in [2.05, 4.69) is 10.1 Å². The molecular formula is C11H7Cl2NO3S2. The van der Waals surface area contributed by atoms with E-state index >= 15 is 0 Å². The van der Waals surface area contributed by atoms with Gasteiger partial charge in [-0.3, -0.25) is 4.79 Å². The van der Waals surface area contributed by atoms with Crippen LogP contribution in [0.5, 0.6) is 0 Å². The number of hydrogen-bond acceptors (Lipinski definition) is 5. The average molecular weight is 336 g/mol. The topological polar surface area (TPSA) is 55.4 Å². The van der Waals surface area contributed by atoms with Crippen LogP contribution in [0.2, 0.25) is 8.67 Å². The van der Waals surface area contributed by atoms with Crippen molar-refractivity contribution >= 4 is 62.8 Å². The predicted octanol–water partition coefficient (Wildman–Crippen LogP) is 4.16. The summed E-state index contributed by atoms with van der Waals surface area (Å²) in [4.78, 5) is 23.6. The average Bonchev–Trinajstić information content (AvgIpc) is 2.95. The van der Waals surface area contributed by atoms with Gasteiger partial charge in [0, 0.05) is 0 Å². The van der Waals surface area contributed by atoms with Crippen LogP contribution >= 0.6 is 45.9 Å². The first-order valence-corrected chi connectivity index (χ1v) is 7.34. The number of anilines is 1. The number of carbonyl (C=O) groups excluding carboxylic acids is 2. The molecule has 2 heterocycles. The lowest BCUT2D eigenvalue weighted by Crippen LogP contribution is -2.10. The number of rotatable bonds is 3. The number of halogens is 2. The molecule has 0 radical (unpaired) electrons. The molecule has 0 aromatic carbocycles. The molecule has 0 saturated heterocycles. The van der Waals surface area contributed by atoms with Gasteiger partial charge in [0.25, 0.3) is 5.91 Å². The highest BCUT2D eigenvalue weighted by atomic mass is 35.5. The van der Waals surface area contributed by atoms with Gasteiger partial charge in [-0.05, 0) is 18.2 Å². The van der Waals surface area contributed by atoms with Crippen molar-refractivity contribution in [1.82, 2.24) is 0 Å². The highest BCUT2D eigenvalue weighted by molar-refractivity contribution is 7.20. The number of thiophene rings is 2. The van der Waals surface area contributed by atoms with Gasteiger partial charge in [0.2, 0.25) is 0 Å². The molecular weight excluding hydrogens is 329 g/mol. The highest BCUT2D eigenvalue weighted by Crippen LogP contribution is 2.32. The molecule has 0 spiro atoms. The second-order valence-corrected chi connectivity index (χ2v) is 6.72. The quantitative estimate of drug-likeness (QED) is 0.857. The van der Waals surface area contributed by atoms with Gasteiger partial charge in [0.15, 0.2) is 0 Å². The number of carbonyl (C=O) groups is 2. The van der Waals surface area contributed by atoms with Crippen molar-refractivity contribution in [3.63, 3.8) is 0 Å². The van der Waals surface area contributed by atoms with E-state index in [1.54, 1.807) is 12.1 Å². The lowest BCUT2D eigenvalue weighted by molar-refractivity contribution is 0.0606. The molecule has 4 nitrogen and oxygen atoms in total. The lowest BCUT2D eigenvalue weighted by atomic mass is 10.3. The summed E-state index contributed by atoms with van der Waals surface area (Å²) < 4.78 is 5.35. The third kappa shape index (κ3) is 3.27. The summed E-state index contributed by atoms with van der Waals surface area (Å²) >= 11 is 13.9. The molecule has 0 aliphatic carbocycles. The van der Waals surface area contributed by atoms with E-state index in [4.69, 9.17) is 23.2 Å². The van der Waals surface area contributed by atoms with Crippen LogP contribution in [-0.2, 0) is 4.74 Å². The summed E-state index contributed by atoms with van der Waals surface area (Å²) in [7, 11) is 1.30. The van der Waals surface area contributed by atoms with Crippen LogP contribution in [0, 0.1) is 0 Å². The van der Waals surface area contributed by atoms with Crippen molar-refractivity contribution in [2.75, 3.05) is 12.4 Å². The Morgan fingerprint density at radius 3 is 2.58 bits per heavy atom. The molecule has 0 aliphatic rings. The van der Waals surface area contributed by atoms with Crippen LogP contribution in [0.3, 0.4) is 0 Å². The van der Waals surface area contributed by atoms with Crippen LogP contribution in [0.1, 0.15) is 20.0 Å². The molecule has 2 aromatic heterocycles. The van der Waals surface area contributed by atoms with Crippen molar-refractivity contribution in [3.8, 4) is 0 Å². The number of esters is 1. The Morgan fingerprint density at radius 1 is 1.26 bits per heavy atom. The van der Waals surface area contributed by atoms with E-state index in [1.165, 1.54) is 13.2 Å². The van der Waals surface area contributed by atoms with Gasteiger partial charge in [-0.15, -0.1) is 22.7 Å². The van der Waals surface area contributed by atoms with E-state index in [9.17, 15) is 9.59 Å². The molecule has 8 heteroatoms. The minimum atomic E-state index is -0.442. The fraction of sp³-hybridized carbons (Fsp3) is 0.0909. The first-order chi connectivity index (χ1) is 9.01. The lowest BCUT2D eigenvalue weighted by Gasteiger charge is -2.00. The molecule has 2 aromatic rings. The normalized spacial score (nSPS) is 10.3. The fourth-order valence-corrected chi connectivity index (χ4v) is 3.57. The molecule has 1 amide bonds.